The molecule has 0 spiro atoms. The first-order valence-electron chi connectivity index (χ1n) is 21.2. The van der Waals surface area contributed by atoms with Gasteiger partial charge in [-0.15, -0.1) is 0 Å². The molecule has 0 amide bonds. The Morgan fingerprint density at radius 2 is 0.810 bits per heavy atom. The first-order chi connectivity index (χ1) is 31.2. The van der Waals surface area contributed by atoms with E-state index in [0.717, 1.165) is 99.2 Å². The number of nitrogens with zero attached hydrogens (tertiary/aromatic N) is 5. The summed E-state index contributed by atoms with van der Waals surface area (Å²) >= 11 is 0. The summed E-state index contributed by atoms with van der Waals surface area (Å²) in [6.45, 7) is 0. The van der Waals surface area contributed by atoms with Crippen molar-refractivity contribution in [2.45, 2.75) is 0 Å². The van der Waals surface area contributed by atoms with Crippen LogP contribution in [-0.4, -0.2) is 24.1 Å². The van der Waals surface area contributed by atoms with Crippen LogP contribution in [0.25, 0.3) is 122 Å². The summed E-state index contributed by atoms with van der Waals surface area (Å²) in [7, 11) is 0. The number of hydrogen-bond donors (Lipinski definition) is 0. The maximum absolute atomic E-state index is 6.40. The molecule has 0 bridgehead atoms. The molecule has 0 unspecified atom stereocenters. The lowest BCUT2D eigenvalue weighted by molar-refractivity contribution is 0.669. The fourth-order valence-corrected chi connectivity index (χ4v) is 9.53. The van der Waals surface area contributed by atoms with E-state index in [0.29, 0.717) is 17.6 Å². The van der Waals surface area contributed by atoms with E-state index < -0.39 is 0 Å². The summed E-state index contributed by atoms with van der Waals surface area (Å²) in [6.07, 6.45) is 0. The van der Waals surface area contributed by atoms with Crippen molar-refractivity contribution in [3.05, 3.63) is 212 Å². The highest BCUT2D eigenvalue weighted by Gasteiger charge is 2.24. The average Bonchev–Trinajstić information content (AvgIpc) is 4.02. The van der Waals surface area contributed by atoms with E-state index in [1.807, 2.05) is 30.3 Å². The Morgan fingerprint density at radius 1 is 0.317 bits per heavy atom. The minimum absolute atomic E-state index is 0.536. The van der Waals surface area contributed by atoms with Crippen molar-refractivity contribution in [3.63, 3.8) is 0 Å². The molecular formula is C57H35N5O. The van der Waals surface area contributed by atoms with Gasteiger partial charge in [0.2, 0.25) is 5.95 Å². The summed E-state index contributed by atoms with van der Waals surface area (Å²) in [4.78, 5) is 16.0. The zero-order valence-electron chi connectivity index (χ0n) is 33.9. The second-order valence-corrected chi connectivity index (χ2v) is 16.0. The number of hydrogen-bond acceptors (Lipinski definition) is 4. The van der Waals surface area contributed by atoms with Gasteiger partial charge in [0.15, 0.2) is 11.6 Å². The van der Waals surface area contributed by atoms with Crippen molar-refractivity contribution in [1.82, 2.24) is 24.1 Å². The molecule has 0 fully saturated rings. The molecule has 0 aliphatic carbocycles. The highest BCUT2D eigenvalue weighted by molar-refractivity contribution is 6.24. The molecule has 63 heavy (non-hydrogen) atoms. The highest BCUT2D eigenvalue weighted by Crippen LogP contribution is 2.43. The van der Waals surface area contributed by atoms with Gasteiger partial charge in [-0.05, 0) is 65.2 Å². The summed E-state index contributed by atoms with van der Waals surface area (Å²) < 4.78 is 11.1. The Hall–Kier alpha value is -8.61. The van der Waals surface area contributed by atoms with Crippen LogP contribution in [0.4, 0.5) is 0 Å². The topological polar surface area (TPSA) is 61.7 Å². The molecule has 9 aromatic carbocycles. The molecule has 4 aromatic heterocycles. The molecule has 0 radical (unpaired) electrons. The van der Waals surface area contributed by atoms with E-state index in [1.54, 1.807) is 0 Å². The van der Waals surface area contributed by atoms with Crippen molar-refractivity contribution >= 4 is 65.6 Å². The van der Waals surface area contributed by atoms with Gasteiger partial charge in [0.1, 0.15) is 11.2 Å². The summed E-state index contributed by atoms with van der Waals surface area (Å²) in [6, 6.07) is 74.4. The number of benzene rings is 9. The van der Waals surface area contributed by atoms with E-state index in [9.17, 15) is 0 Å². The van der Waals surface area contributed by atoms with Gasteiger partial charge in [-0.3, -0.25) is 4.57 Å². The minimum Gasteiger partial charge on any atom is -0.456 e. The van der Waals surface area contributed by atoms with Crippen molar-refractivity contribution in [2.75, 3.05) is 0 Å². The Bertz CT molecular complexity index is 3900. The van der Waals surface area contributed by atoms with Crippen LogP contribution in [0.1, 0.15) is 0 Å². The highest BCUT2D eigenvalue weighted by atomic mass is 16.3. The van der Waals surface area contributed by atoms with E-state index in [4.69, 9.17) is 19.4 Å². The van der Waals surface area contributed by atoms with Crippen LogP contribution in [0, 0.1) is 0 Å². The molecule has 4 heterocycles. The second kappa shape index (κ2) is 14.0. The Kier molecular flexibility index (Phi) is 7.80. The third-order valence-corrected chi connectivity index (χ3v) is 12.4. The normalized spacial score (nSPS) is 11.8. The molecule has 0 saturated carbocycles. The lowest BCUT2D eigenvalue weighted by atomic mass is 10.0. The number of furan rings is 1. The van der Waals surface area contributed by atoms with Gasteiger partial charge in [0.05, 0.1) is 27.8 Å². The smallest absolute Gasteiger partial charge is 0.238 e. The largest absolute Gasteiger partial charge is 0.456 e. The average molecular weight is 806 g/mol. The molecular weight excluding hydrogens is 771 g/mol. The Labute approximate surface area is 361 Å². The third kappa shape index (κ3) is 5.55. The lowest BCUT2D eigenvalue weighted by Crippen LogP contribution is -2.07. The molecule has 0 saturated heterocycles. The van der Waals surface area contributed by atoms with Gasteiger partial charge in [-0.2, -0.15) is 9.97 Å². The summed E-state index contributed by atoms with van der Waals surface area (Å²) in [5.41, 5.74) is 13.3. The summed E-state index contributed by atoms with van der Waals surface area (Å²) in [5, 5.41) is 6.60. The van der Waals surface area contributed by atoms with Crippen LogP contribution < -0.4 is 0 Å². The van der Waals surface area contributed by atoms with Crippen molar-refractivity contribution in [1.29, 1.82) is 0 Å². The molecule has 0 aliphatic rings. The molecule has 0 atom stereocenters. The van der Waals surface area contributed by atoms with Crippen molar-refractivity contribution in [2.24, 2.45) is 0 Å². The van der Waals surface area contributed by atoms with Gasteiger partial charge < -0.3 is 8.98 Å². The molecule has 0 N–H and O–H groups in total. The van der Waals surface area contributed by atoms with Gasteiger partial charge in [-0.25, -0.2) is 4.98 Å². The van der Waals surface area contributed by atoms with Crippen LogP contribution >= 0.6 is 0 Å². The van der Waals surface area contributed by atoms with Crippen LogP contribution in [-0.2, 0) is 0 Å². The van der Waals surface area contributed by atoms with E-state index >= 15 is 0 Å². The predicted molar refractivity (Wildman–Crippen MR) is 258 cm³/mol. The molecule has 13 aromatic rings. The van der Waals surface area contributed by atoms with Crippen molar-refractivity contribution < 1.29 is 4.42 Å². The number of fused-ring (bicyclic) bond motifs is 10. The number of para-hydroxylation sites is 3. The fourth-order valence-electron chi connectivity index (χ4n) is 9.53. The molecule has 0 aliphatic heterocycles. The lowest BCUT2D eigenvalue weighted by Gasteiger charge is -2.16. The maximum atomic E-state index is 6.40. The molecule has 6 heteroatoms. The van der Waals surface area contributed by atoms with Crippen LogP contribution in [0.5, 0.6) is 0 Å². The van der Waals surface area contributed by atoms with E-state index in [2.05, 4.69) is 191 Å². The zero-order valence-corrected chi connectivity index (χ0v) is 33.9. The van der Waals surface area contributed by atoms with Crippen LogP contribution in [0.2, 0.25) is 0 Å². The quantitative estimate of drug-likeness (QED) is 0.168. The number of aromatic nitrogens is 5. The third-order valence-electron chi connectivity index (χ3n) is 12.4. The first-order valence-corrected chi connectivity index (χ1v) is 21.2. The van der Waals surface area contributed by atoms with E-state index in [-0.39, 0.29) is 0 Å². The summed E-state index contributed by atoms with van der Waals surface area (Å²) in [5.74, 6) is 1.70. The van der Waals surface area contributed by atoms with Gasteiger partial charge >= 0.3 is 0 Å². The monoisotopic (exact) mass is 805 g/mol. The second-order valence-electron chi connectivity index (χ2n) is 16.0. The Balaban J connectivity index is 1.11. The van der Waals surface area contributed by atoms with Crippen molar-refractivity contribution in [3.8, 4) is 56.7 Å². The van der Waals surface area contributed by atoms with Crippen LogP contribution in [0.15, 0.2) is 217 Å². The zero-order chi connectivity index (χ0) is 41.4. The van der Waals surface area contributed by atoms with Crippen LogP contribution in [0.3, 0.4) is 0 Å². The van der Waals surface area contributed by atoms with E-state index in [1.165, 1.54) is 5.39 Å². The standard InChI is InChI=1S/C57H35N5O/c1-4-16-36(17-5-1)39-28-32-51-46(34-39)47-35-40(29-33-52(47)63-51)56-58-55(38-20-8-3-9-21-38)59-57(60-56)62-50-27-15-12-24-43(50)45-31-30-44-42-23-11-14-26-49(42)61(53(44)54(45)62)48-25-13-10-22-41(48)37-18-6-2-7-19-37/h1-35H. The van der Waals surface area contributed by atoms with Gasteiger partial charge in [-0.1, -0.05) is 164 Å². The van der Waals surface area contributed by atoms with Gasteiger partial charge in [0.25, 0.3) is 0 Å². The SMILES string of the molecule is c1ccc(-c2ccc3oc4ccc(-c5nc(-c6ccccc6)nc(-n6c7ccccc7c7ccc8c9ccccc9n(-c9ccccc9-c9ccccc9)c8c76)n5)cc4c3c2)cc1. The fraction of sp³-hybridized carbons (Fsp3) is 0. The molecule has 6 nitrogen and oxygen atoms in total. The Morgan fingerprint density at radius 3 is 1.48 bits per heavy atom. The minimum atomic E-state index is 0.536. The van der Waals surface area contributed by atoms with Gasteiger partial charge in [0, 0.05) is 49.0 Å². The predicted octanol–water partition coefficient (Wildman–Crippen LogP) is 14.6. The number of rotatable bonds is 6. The first kappa shape index (κ1) is 35.2. The molecule has 13 rings (SSSR count). The molecule has 294 valence electrons. The maximum Gasteiger partial charge on any atom is 0.238 e.